The lowest BCUT2D eigenvalue weighted by atomic mass is 9.84. The monoisotopic (exact) mass is 619 g/mol. The van der Waals surface area contributed by atoms with Crippen LogP contribution in [0.2, 0.25) is 0 Å². The van der Waals surface area contributed by atoms with Gasteiger partial charge in [-0.15, -0.1) is 11.8 Å². The molecule has 0 spiro atoms. The molecule has 0 bridgehead atoms. The van der Waals surface area contributed by atoms with Crippen LogP contribution in [0.3, 0.4) is 0 Å². The molecule has 238 valence electrons. The molecule has 2 fully saturated rings. The van der Waals surface area contributed by atoms with Gasteiger partial charge in [0.15, 0.2) is 5.82 Å². The molecular weight excluding hydrogens is 573 g/mol. The van der Waals surface area contributed by atoms with Crippen molar-refractivity contribution in [2.45, 2.75) is 84.8 Å². The summed E-state index contributed by atoms with van der Waals surface area (Å²) in [6, 6.07) is 4.38. The number of rotatable bonds is 11. The molecule has 2 aliphatic rings. The maximum absolute atomic E-state index is 15.2. The van der Waals surface area contributed by atoms with Crippen molar-refractivity contribution < 1.29 is 28.0 Å². The van der Waals surface area contributed by atoms with Crippen molar-refractivity contribution in [1.29, 1.82) is 0 Å². The van der Waals surface area contributed by atoms with Gasteiger partial charge in [0.1, 0.15) is 23.2 Å². The van der Waals surface area contributed by atoms with E-state index in [0.29, 0.717) is 48.2 Å². The normalized spacial score (nSPS) is 17.7. The number of alkyl carbamates (subject to hydrolysis) is 1. The molecule has 10 nitrogen and oxygen atoms in total. The van der Waals surface area contributed by atoms with E-state index in [4.69, 9.17) is 14.0 Å². The Hall–Kier alpha value is -3.02. The topological polar surface area (TPSA) is 110 Å². The molecule has 2 saturated heterocycles. The van der Waals surface area contributed by atoms with Crippen molar-refractivity contribution in [2.75, 3.05) is 42.8 Å². The molecule has 43 heavy (non-hydrogen) atoms. The first-order chi connectivity index (χ1) is 20.4. The van der Waals surface area contributed by atoms with Gasteiger partial charge in [-0.2, -0.15) is 4.98 Å². The molecule has 2 aliphatic heterocycles. The van der Waals surface area contributed by atoms with Gasteiger partial charge >= 0.3 is 12.1 Å². The predicted molar refractivity (Wildman–Crippen MR) is 165 cm³/mol. The lowest BCUT2D eigenvalue weighted by molar-refractivity contribution is -0.132. The quantitative estimate of drug-likeness (QED) is 0.343. The summed E-state index contributed by atoms with van der Waals surface area (Å²) in [7, 11) is 0. The van der Waals surface area contributed by atoms with Gasteiger partial charge in [-0.1, -0.05) is 32.0 Å². The van der Waals surface area contributed by atoms with Crippen molar-refractivity contribution in [3.8, 4) is 5.75 Å². The van der Waals surface area contributed by atoms with E-state index in [1.54, 1.807) is 49.6 Å². The van der Waals surface area contributed by atoms with Crippen LogP contribution < -0.4 is 15.0 Å². The van der Waals surface area contributed by atoms with Gasteiger partial charge in [0.25, 0.3) is 0 Å². The third kappa shape index (κ3) is 9.48. The standard InChI is InChI=1S/C31H46FN5O5S/c1-20(2)27-34-29(42-35-27)36-12-9-22(10-13-36)21(3)11-15-40-24-8-7-23(25(32)18-24)17-26(28(38)37-14-16-43-19-37)33-30(39)41-31(4,5)6/h7-8,18,20-22,26H,9-17,19H2,1-6H3,(H,33,39). The summed E-state index contributed by atoms with van der Waals surface area (Å²) in [5.41, 5.74) is -0.386. The number of hydrogen-bond acceptors (Lipinski definition) is 9. The van der Waals surface area contributed by atoms with E-state index in [0.717, 1.165) is 43.9 Å². The number of amides is 2. The van der Waals surface area contributed by atoms with Gasteiger partial charge in [-0.05, 0) is 63.5 Å². The van der Waals surface area contributed by atoms with E-state index in [9.17, 15) is 9.59 Å². The van der Waals surface area contributed by atoms with Crippen LogP contribution in [-0.4, -0.2) is 76.6 Å². The number of carbonyl (C=O) groups is 2. The lowest BCUT2D eigenvalue weighted by Crippen LogP contribution is -2.50. The van der Waals surface area contributed by atoms with Crippen LogP contribution in [0.15, 0.2) is 22.7 Å². The molecular formula is C31H46FN5O5S. The molecule has 3 heterocycles. The van der Waals surface area contributed by atoms with Gasteiger partial charge < -0.3 is 29.1 Å². The van der Waals surface area contributed by atoms with Gasteiger partial charge in [-0.3, -0.25) is 4.79 Å². The number of nitrogens with zero attached hydrogens (tertiary/aromatic N) is 4. The first-order valence-corrected chi connectivity index (χ1v) is 16.4. The number of hydrogen-bond donors (Lipinski definition) is 1. The number of halogens is 1. The maximum Gasteiger partial charge on any atom is 0.408 e. The number of aromatic nitrogens is 2. The lowest BCUT2D eigenvalue weighted by Gasteiger charge is -2.33. The summed E-state index contributed by atoms with van der Waals surface area (Å²) in [5.74, 6) is 3.10. The fourth-order valence-electron chi connectivity index (χ4n) is 5.31. The van der Waals surface area contributed by atoms with Crippen LogP contribution in [0.4, 0.5) is 15.2 Å². The Morgan fingerprint density at radius 2 is 1.93 bits per heavy atom. The fraction of sp³-hybridized carbons (Fsp3) is 0.677. The molecule has 1 aromatic carbocycles. The summed E-state index contributed by atoms with van der Waals surface area (Å²) in [4.78, 5) is 34.0. The summed E-state index contributed by atoms with van der Waals surface area (Å²) in [5, 5.41) is 6.74. The first-order valence-electron chi connectivity index (χ1n) is 15.3. The zero-order valence-corrected chi connectivity index (χ0v) is 27.0. The molecule has 1 N–H and O–H groups in total. The number of anilines is 1. The van der Waals surface area contributed by atoms with E-state index < -0.39 is 23.6 Å². The Bertz CT molecular complexity index is 1220. The van der Waals surface area contributed by atoms with Gasteiger partial charge in [-0.25, -0.2) is 9.18 Å². The highest BCUT2D eigenvalue weighted by Crippen LogP contribution is 2.30. The van der Waals surface area contributed by atoms with E-state index >= 15 is 4.39 Å². The summed E-state index contributed by atoms with van der Waals surface area (Å²) in [6.07, 6.45) is 2.25. The fourth-order valence-corrected chi connectivity index (χ4v) is 6.26. The molecule has 1 aromatic heterocycles. The van der Waals surface area contributed by atoms with Gasteiger partial charge in [0.2, 0.25) is 5.91 Å². The molecule has 2 aromatic rings. The minimum Gasteiger partial charge on any atom is -0.493 e. The van der Waals surface area contributed by atoms with E-state index in [1.165, 1.54) is 6.07 Å². The van der Waals surface area contributed by atoms with Gasteiger partial charge in [0, 0.05) is 43.8 Å². The van der Waals surface area contributed by atoms with Crippen molar-refractivity contribution in [2.24, 2.45) is 11.8 Å². The van der Waals surface area contributed by atoms with Crippen molar-refractivity contribution in [1.82, 2.24) is 20.4 Å². The Kier molecular flexibility index (Phi) is 11.2. The number of nitrogens with one attached hydrogen (secondary N) is 1. The predicted octanol–water partition coefficient (Wildman–Crippen LogP) is 5.62. The summed E-state index contributed by atoms with van der Waals surface area (Å²) < 4.78 is 31.9. The SMILES string of the molecule is CC(C)c1noc(N2CCC(C(C)CCOc3ccc(CC(NC(=O)OC(C)(C)C)C(=O)N4CCSC4)c(F)c3)CC2)n1. The molecule has 12 heteroatoms. The Morgan fingerprint density at radius 1 is 1.19 bits per heavy atom. The average Bonchev–Trinajstić information content (AvgIpc) is 3.66. The highest BCUT2D eigenvalue weighted by atomic mass is 32.2. The number of thioether (sulfide) groups is 1. The number of benzene rings is 1. The van der Waals surface area contributed by atoms with Crippen LogP contribution in [0, 0.1) is 17.7 Å². The molecule has 2 unspecified atom stereocenters. The Labute approximate surface area is 258 Å². The third-order valence-electron chi connectivity index (χ3n) is 7.91. The second-order valence-corrected chi connectivity index (χ2v) is 13.9. The van der Waals surface area contributed by atoms with E-state index in [-0.39, 0.29) is 18.2 Å². The Balaban J connectivity index is 1.26. The first kappa shape index (κ1) is 32.9. The minimum atomic E-state index is -0.931. The maximum atomic E-state index is 15.2. The number of carbonyl (C=O) groups excluding carboxylic acids is 2. The molecule has 4 rings (SSSR count). The molecule has 2 atom stereocenters. The van der Waals surface area contributed by atoms with E-state index in [2.05, 4.69) is 27.3 Å². The molecule has 2 amide bonds. The molecule has 0 saturated carbocycles. The van der Waals surface area contributed by atoms with Crippen LogP contribution in [0.1, 0.15) is 78.1 Å². The average molecular weight is 620 g/mol. The zero-order chi connectivity index (χ0) is 31.1. The third-order valence-corrected chi connectivity index (χ3v) is 8.87. The second kappa shape index (κ2) is 14.6. The number of piperidine rings is 1. The van der Waals surface area contributed by atoms with Crippen molar-refractivity contribution in [3.63, 3.8) is 0 Å². The highest BCUT2D eigenvalue weighted by Gasteiger charge is 2.31. The summed E-state index contributed by atoms with van der Waals surface area (Å²) in [6.45, 7) is 14.4. The second-order valence-electron chi connectivity index (χ2n) is 12.8. The van der Waals surface area contributed by atoms with E-state index in [1.807, 2.05) is 13.8 Å². The Morgan fingerprint density at radius 3 is 2.53 bits per heavy atom. The highest BCUT2D eigenvalue weighted by molar-refractivity contribution is 7.99. The van der Waals surface area contributed by atoms with Crippen molar-refractivity contribution in [3.05, 3.63) is 35.4 Å². The van der Waals surface area contributed by atoms with Crippen LogP contribution in [-0.2, 0) is 16.0 Å². The molecule has 0 aliphatic carbocycles. The van der Waals surface area contributed by atoms with Crippen LogP contribution in [0.25, 0.3) is 0 Å². The summed E-state index contributed by atoms with van der Waals surface area (Å²) >= 11 is 1.65. The molecule has 0 radical (unpaired) electrons. The van der Waals surface area contributed by atoms with Crippen LogP contribution in [0.5, 0.6) is 5.75 Å². The number of ether oxygens (including phenoxy) is 2. The zero-order valence-electron chi connectivity index (χ0n) is 26.2. The van der Waals surface area contributed by atoms with Gasteiger partial charge in [0.05, 0.1) is 12.5 Å². The van der Waals surface area contributed by atoms with Crippen LogP contribution >= 0.6 is 11.8 Å². The smallest absolute Gasteiger partial charge is 0.408 e. The minimum absolute atomic E-state index is 0.0173. The largest absolute Gasteiger partial charge is 0.493 e. The van der Waals surface area contributed by atoms with Crippen molar-refractivity contribution >= 4 is 29.8 Å².